The second-order valence-corrected chi connectivity index (χ2v) is 9.42. The topological polar surface area (TPSA) is 97.8 Å². The molecule has 168 valence electrons. The summed E-state index contributed by atoms with van der Waals surface area (Å²) in [6, 6.07) is 13.7. The molecule has 0 radical (unpaired) electrons. The van der Waals surface area contributed by atoms with Crippen LogP contribution in [0.25, 0.3) is 10.6 Å². The van der Waals surface area contributed by atoms with E-state index in [-0.39, 0.29) is 30.0 Å². The van der Waals surface area contributed by atoms with Crippen LogP contribution in [0.4, 0.5) is 5.13 Å². The first-order valence-corrected chi connectivity index (χ1v) is 12.0. The second kappa shape index (κ2) is 8.08. The molecule has 0 atom stereocenters. The Morgan fingerprint density at radius 1 is 1.00 bits per heavy atom. The van der Waals surface area contributed by atoms with E-state index >= 15 is 0 Å². The van der Waals surface area contributed by atoms with Gasteiger partial charge >= 0.3 is 0 Å². The molecule has 0 saturated carbocycles. The van der Waals surface area contributed by atoms with Crippen molar-refractivity contribution >= 4 is 45.5 Å². The van der Waals surface area contributed by atoms with Gasteiger partial charge in [0, 0.05) is 10.9 Å². The molecule has 0 bridgehead atoms. The molecule has 2 aliphatic heterocycles. The number of thiophene rings is 1. The number of rotatable bonds is 5. The largest absolute Gasteiger partial charge is 0.454 e. The van der Waals surface area contributed by atoms with Crippen molar-refractivity contribution in [1.82, 2.24) is 9.88 Å². The highest BCUT2D eigenvalue weighted by molar-refractivity contribution is 7.16. The molecule has 0 fully saturated rings. The summed E-state index contributed by atoms with van der Waals surface area (Å²) in [6.45, 7) is 0.238. The van der Waals surface area contributed by atoms with Gasteiger partial charge in [-0.15, -0.1) is 22.7 Å². The summed E-state index contributed by atoms with van der Waals surface area (Å²) in [6.07, 6.45) is 0. The smallest absolute Gasteiger partial charge is 0.261 e. The monoisotopic (exact) mass is 489 g/mol. The lowest BCUT2D eigenvalue weighted by Gasteiger charge is -2.14. The average molecular weight is 490 g/mol. The molecule has 0 spiro atoms. The SMILES string of the molecule is O=C(Nc1nc(-c2cccs2)cs1)c1ccc2c(c1)C(=O)N(Cc1ccc3c(c1)OCO3)C2=O. The highest BCUT2D eigenvalue weighted by Gasteiger charge is 2.36. The van der Waals surface area contributed by atoms with Gasteiger partial charge in [-0.3, -0.25) is 24.6 Å². The van der Waals surface area contributed by atoms with E-state index in [0.29, 0.717) is 16.6 Å². The summed E-state index contributed by atoms with van der Waals surface area (Å²) in [5, 5.41) is 7.07. The molecular weight excluding hydrogens is 474 g/mol. The van der Waals surface area contributed by atoms with Crippen LogP contribution in [-0.4, -0.2) is 34.4 Å². The van der Waals surface area contributed by atoms with Crippen molar-refractivity contribution in [2.45, 2.75) is 6.54 Å². The van der Waals surface area contributed by atoms with Crippen LogP contribution in [0.3, 0.4) is 0 Å². The zero-order valence-corrected chi connectivity index (χ0v) is 19.1. The fraction of sp³-hybridized carbons (Fsp3) is 0.0833. The van der Waals surface area contributed by atoms with Gasteiger partial charge in [0.1, 0.15) is 0 Å². The summed E-state index contributed by atoms with van der Waals surface area (Å²) in [4.78, 5) is 45.3. The molecule has 1 N–H and O–H groups in total. The number of carbonyl (C=O) groups is 3. The maximum absolute atomic E-state index is 13.0. The summed E-state index contributed by atoms with van der Waals surface area (Å²) in [5.74, 6) is -0.0296. The molecule has 3 amide bonds. The first-order valence-electron chi connectivity index (χ1n) is 10.3. The molecule has 10 heteroatoms. The molecule has 8 nitrogen and oxygen atoms in total. The van der Waals surface area contributed by atoms with Gasteiger partial charge < -0.3 is 9.47 Å². The van der Waals surface area contributed by atoms with E-state index in [1.807, 2.05) is 22.9 Å². The maximum Gasteiger partial charge on any atom is 0.261 e. The number of nitrogens with zero attached hydrogens (tertiary/aromatic N) is 2. The minimum atomic E-state index is -0.443. The fourth-order valence-corrected chi connectivity index (χ4v) is 5.30. The van der Waals surface area contributed by atoms with Gasteiger partial charge in [0.05, 0.1) is 28.2 Å². The lowest BCUT2D eigenvalue weighted by atomic mass is 10.1. The summed E-state index contributed by atoms with van der Waals surface area (Å²) >= 11 is 2.89. The number of benzene rings is 2. The number of fused-ring (bicyclic) bond motifs is 2. The van der Waals surface area contributed by atoms with Crippen LogP contribution >= 0.6 is 22.7 Å². The highest BCUT2D eigenvalue weighted by Crippen LogP contribution is 2.34. The van der Waals surface area contributed by atoms with E-state index < -0.39 is 17.7 Å². The molecule has 34 heavy (non-hydrogen) atoms. The predicted molar refractivity (Wildman–Crippen MR) is 127 cm³/mol. The number of imide groups is 1. The zero-order valence-electron chi connectivity index (χ0n) is 17.4. The predicted octanol–water partition coefficient (Wildman–Crippen LogP) is 4.65. The Kier molecular flexibility index (Phi) is 4.89. The minimum absolute atomic E-state index is 0.0924. The summed E-state index contributed by atoms with van der Waals surface area (Å²) in [5.41, 5.74) is 2.29. The number of nitrogens with one attached hydrogen (secondary N) is 1. The third-order valence-electron chi connectivity index (χ3n) is 5.51. The van der Waals surface area contributed by atoms with E-state index in [4.69, 9.17) is 9.47 Å². The molecular formula is C24H15N3O5S2. The zero-order chi connectivity index (χ0) is 23.2. The third-order valence-corrected chi connectivity index (χ3v) is 7.16. The van der Waals surface area contributed by atoms with Crippen LogP contribution in [0.5, 0.6) is 11.5 Å². The van der Waals surface area contributed by atoms with Crippen LogP contribution in [0.2, 0.25) is 0 Å². The van der Waals surface area contributed by atoms with Crippen molar-refractivity contribution in [2.75, 3.05) is 12.1 Å². The Labute approximate surface area is 201 Å². The van der Waals surface area contributed by atoms with E-state index in [0.717, 1.165) is 21.0 Å². The molecule has 2 aromatic heterocycles. The summed E-state index contributed by atoms with van der Waals surface area (Å²) in [7, 11) is 0. The van der Waals surface area contributed by atoms with Gasteiger partial charge in [-0.2, -0.15) is 0 Å². The van der Waals surface area contributed by atoms with Gasteiger partial charge in [-0.25, -0.2) is 4.98 Å². The van der Waals surface area contributed by atoms with Crippen LogP contribution in [0.1, 0.15) is 36.6 Å². The van der Waals surface area contributed by atoms with Crippen molar-refractivity contribution in [2.24, 2.45) is 0 Å². The molecule has 2 aromatic carbocycles. The quantitative estimate of drug-likeness (QED) is 0.410. The first kappa shape index (κ1) is 20.6. The van der Waals surface area contributed by atoms with Crippen molar-refractivity contribution < 1.29 is 23.9 Å². The molecule has 0 saturated heterocycles. The Hall–Kier alpha value is -4.02. The first-order chi connectivity index (χ1) is 16.6. The fourth-order valence-electron chi connectivity index (χ4n) is 3.84. The van der Waals surface area contributed by atoms with E-state index in [1.165, 1.54) is 29.5 Å². The Bertz CT molecular complexity index is 1460. The Morgan fingerprint density at radius 2 is 1.85 bits per heavy atom. The number of carbonyl (C=O) groups excluding carboxylic acids is 3. The minimum Gasteiger partial charge on any atom is -0.454 e. The molecule has 4 heterocycles. The van der Waals surface area contributed by atoms with Crippen molar-refractivity contribution in [3.05, 3.63) is 81.5 Å². The Morgan fingerprint density at radius 3 is 2.71 bits per heavy atom. The number of ether oxygens (including phenoxy) is 2. The average Bonchev–Trinajstić information content (AvgIpc) is 3.64. The normalized spacial score (nSPS) is 13.9. The number of hydrogen-bond acceptors (Lipinski definition) is 8. The lowest BCUT2D eigenvalue weighted by molar-refractivity contribution is 0.0642. The third kappa shape index (κ3) is 3.53. The van der Waals surface area contributed by atoms with Crippen LogP contribution in [0, 0.1) is 0 Å². The van der Waals surface area contributed by atoms with Crippen molar-refractivity contribution in [3.63, 3.8) is 0 Å². The number of thiazole rings is 1. The standard InChI is InChI=1S/C24H15N3O5S2/c28-21(26-24-25-17(11-34-24)20-2-1-7-33-20)14-4-5-15-16(9-14)23(30)27(22(15)29)10-13-3-6-18-19(8-13)32-12-31-18/h1-9,11H,10,12H2,(H,25,26,28). The van der Waals surface area contributed by atoms with Crippen LogP contribution < -0.4 is 14.8 Å². The molecule has 2 aliphatic rings. The number of hydrogen-bond donors (Lipinski definition) is 1. The molecule has 6 rings (SSSR count). The highest BCUT2D eigenvalue weighted by atomic mass is 32.1. The molecule has 0 aliphatic carbocycles. The maximum atomic E-state index is 13.0. The molecule has 4 aromatic rings. The van der Waals surface area contributed by atoms with Gasteiger partial charge in [0.2, 0.25) is 6.79 Å². The Balaban J connectivity index is 1.20. The van der Waals surface area contributed by atoms with Crippen LogP contribution in [-0.2, 0) is 6.54 Å². The van der Waals surface area contributed by atoms with E-state index in [9.17, 15) is 14.4 Å². The van der Waals surface area contributed by atoms with Crippen molar-refractivity contribution in [1.29, 1.82) is 0 Å². The van der Waals surface area contributed by atoms with Gasteiger partial charge in [-0.05, 0) is 47.3 Å². The van der Waals surface area contributed by atoms with E-state index in [1.54, 1.807) is 29.5 Å². The number of aromatic nitrogens is 1. The molecule has 0 unspecified atom stereocenters. The van der Waals surface area contributed by atoms with E-state index in [2.05, 4.69) is 10.3 Å². The van der Waals surface area contributed by atoms with Crippen LogP contribution in [0.15, 0.2) is 59.3 Å². The lowest BCUT2D eigenvalue weighted by Crippen LogP contribution is -2.29. The number of anilines is 1. The van der Waals surface area contributed by atoms with Gasteiger partial charge in [0.15, 0.2) is 16.6 Å². The summed E-state index contributed by atoms with van der Waals surface area (Å²) < 4.78 is 10.7. The van der Waals surface area contributed by atoms with Gasteiger partial charge in [-0.1, -0.05) is 12.1 Å². The second-order valence-electron chi connectivity index (χ2n) is 7.61. The van der Waals surface area contributed by atoms with Crippen molar-refractivity contribution in [3.8, 4) is 22.1 Å². The van der Waals surface area contributed by atoms with Gasteiger partial charge in [0.25, 0.3) is 17.7 Å². The number of amides is 3.